The number of para-hydroxylation sites is 1. The second-order valence-corrected chi connectivity index (χ2v) is 8.15. The Morgan fingerprint density at radius 2 is 1.87 bits per heavy atom. The van der Waals surface area contributed by atoms with Gasteiger partial charge in [0.25, 0.3) is 0 Å². The Morgan fingerprint density at radius 1 is 1.10 bits per heavy atom. The van der Waals surface area contributed by atoms with Gasteiger partial charge >= 0.3 is 6.03 Å². The fraction of sp³-hybridized carbons (Fsp3) is 0.458. The van der Waals surface area contributed by atoms with Crippen molar-refractivity contribution in [2.24, 2.45) is 0 Å². The number of hydrogen-bond donors (Lipinski definition) is 3. The van der Waals surface area contributed by atoms with Gasteiger partial charge < -0.3 is 20.5 Å². The Kier molecular flexibility index (Phi) is 6.74. The molecule has 2 aromatic carbocycles. The van der Waals surface area contributed by atoms with Gasteiger partial charge in [0.2, 0.25) is 0 Å². The van der Waals surface area contributed by atoms with Crippen LogP contribution in [0, 0.1) is 0 Å². The van der Waals surface area contributed by atoms with E-state index in [9.17, 15) is 9.90 Å². The van der Waals surface area contributed by atoms with Gasteiger partial charge in [-0.2, -0.15) is 0 Å². The largest absolute Gasteiger partial charge is 0.491 e. The molecule has 2 aromatic rings. The van der Waals surface area contributed by atoms with E-state index < -0.39 is 6.10 Å². The summed E-state index contributed by atoms with van der Waals surface area (Å²) in [6.07, 6.45) is 5.72. The van der Waals surface area contributed by atoms with E-state index in [0.717, 1.165) is 17.1 Å². The topological polar surface area (TPSA) is 73.8 Å². The van der Waals surface area contributed by atoms with E-state index in [-0.39, 0.29) is 12.6 Å². The van der Waals surface area contributed by atoms with Crippen LogP contribution < -0.4 is 20.3 Å². The minimum absolute atomic E-state index is 0.0585. The van der Waals surface area contributed by atoms with E-state index in [1.54, 1.807) is 4.90 Å². The van der Waals surface area contributed by atoms with Gasteiger partial charge in [-0.05, 0) is 54.7 Å². The third-order valence-electron chi connectivity index (χ3n) is 5.97. The molecule has 2 amide bonds. The molecule has 0 radical (unpaired) electrons. The molecular weight excluding hydrogens is 378 g/mol. The minimum atomic E-state index is -0.617. The molecule has 30 heavy (non-hydrogen) atoms. The number of aliphatic hydroxyl groups is 1. The number of benzene rings is 2. The van der Waals surface area contributed by atoms with Crippen LogP contribution in [0.4, 0.5) is 16.2 Å². The van der Waals surface area contributed by atoms with Gasteiger partial charge in [0.1, 0.15) is 18.5 Å². The van der Waals surface area contributed by atoms with Crippen molar-refractivity contribution in [1.82, 2.24) is 5.32 Å². The molecule has 2 aliphatic rings. The van der Waals surface area contributed by atoms with Crippen LogP contribution >= 0.6 is 0 Å². The zero-order chi connectivity index (χ0) is 20.8. The summed E-state index contributed by atoms with van der Waals surface area (Å²) in [4.78, 5) is 13.5. The highest BCUT2D eigenvalue weighted by Gasteiger charge is 2.21. The second-order valence-electron chi connectivity index (χ2n) is 8.15. The maximum atomic E-state index is 11.7. The molecule has 1 atom stereocenters. The van der Waals surface area contributed by atoms with Crippen molar-refractivity contribution in [3.8, 4) is 5.75 Å². The number of carbonyl (C=O) groups is 1. The van der Waals surface area contributed by atoms with E-state index in [4.69, 9.17) is 4.74 Å². The van der Waals surface area contributed by atoms with Crippen LogP contribution in [0.1, 0.15) is 43.6 Å². The number of nitrogens with one attached hydrogen (secondary N) is 2. The zero-order valence-electron chi connectivity index (χ0n) is 17.3. The maximum Gasteiger partial charge on any atom is 0.321 e. The predicted octanol–water partition coefficient (Wildman–Crippen LogP) is 4.12. The molecule has 160 valence electrons. The number of anilines is 2. The van der Waals surface area contributed by atoms with Crippen molar-refractivity contribution >= 4 is 17.4 Å². The zero-order valence-corrected chi connectivity index (χ0v) is 17.3. The first-order valence-electron chi connectivity index (χ1n) is 11.0. The van der Waals surface area contributed by atoms with Crippen LogP contribution in [-0.2, 0) is 0 Å². The Balaban J connectivity index is 1.26. The molecule has 2 fully saturated rings. The molecule has 3 N–H and O–H groups in total. The summed E-state index contributed by atoms with van der Waals surface area (Å²) >= 11 is 0. The summed E-state index contributed by atoms with van der Waals surface area (Å²) in [6, 6.07) is 15.9. The number of rotatable bonds is 8. The number of amides is 2. The number of urea groups is 1. The van der Waals surface area contributed by atoms with E-state index in [1.165, 1.54) is 37.7 Å². The number of carbonyl (C=O) groups excluding carboxylic acids is 1. The van der Waals surface area contributed by atoms with Gasteiger partial charge in [0.15, 0.2) is 0 Å². The van der Waals surface area contributed by atoms with Gasteiger partial charge in [-0.15, -0.1) is 0 Å². The van der Waals surface area contributed by atoms with Crippen LogP contribution in [0.15, 0.2) is 48.5 Å². The van der Waals surface area contributed by atoms with Crippen molar-refractivity contribution in [1.29, 1.82) is 0 Å². The van der Waals surface area contributed by atoms with Gasteiger partial charge in [0.05, 0.1) is 0 Å². The second kappa shape index (κ2) is 9.85. The van der Waals surface area contributed by atoms with Crippen molar-refractivity contribution in [2.45, 2.75) is 44.1 Å². The normalized spacial score (nSPS) is 18.2. The van der Waals surface area contributed by atoms with Crippen molar-refractivity contribution < 1.29 is 14.6 Å². The molecule has 0 spiro atoms. The first kappa shape index (κ1) is 20.5. The molecule has 0 bridgehead atoms. The Labute approximate surface area is 178 Å². The maximum absolute atomic E-state index is 11.7. The average molecular weight is 410 g/mol. The van der Waals surface area contributed by atoms with Crippen molar-refractivity contribution in [3.05, 3.63) is 54.1 Å². The van der Waals surface area contributed by atoms with E-state index >= 15 is 0 Å². The third-order valence-corrected chi connectivity index (χ3v) is 5.97. The number of nitrogens with zero attached hydrogens (tertiary/aromatic N) is 1. The predicted molar refractivity (Wildman–Crippen MR) is 119 cm³/mol. The lowest BCUT2D eigenvalue weighted by Crippen LogP contribution is -2.28. The SMILES string of the molecule is O=C1NCCN1c1ccc(NCC(O)COc2ccccc2C2CCCCC2)cc1. The van der Waals surface area contributed by atoms with Crippen LogP contribution in [0.25, 0.3) is 0 Å². The lowest BCUT2D eigenvalue weighted by atomic mass is 9.84. The number of ether oxygens (including phenoxy) is 1. The Hall–Kier alpha value is -2.73. The molecule has 1 aliphatic heterocycles. The Morgan fingerprint density at radius 3 is 2.60 bits per heavy atom. The first-order valence-corrected chi connectivity index (χ1v) is 11.0. The lowest BCUT2D eigenvalue weighted by molar-refractivity contribution is 0.116. The summed E-state index contributed by atoms with van der Waals surface area (Å²) in [5.74, 6) is 1.47. The van der Waals surface area contributed by atoms with Gasteiger partial charge in [-0.3, -0.25) is 4.90 Å². The average Bonchev–Trinajstić information content (AvgIpc) is 3.23. The fourth-order valence-electron chi connectivity index (χ4n) is 4.32. The van der Waals surface area contributed by atoms with Crippen LogP contribution in [0.2, 0.25) is 0 Å². The van der Waals surface area contributed by atoms with E-state index in [0.29, 0.717) is 25.6 Å². The number of aliphatic hydroxyl groups excluding tert-OH is 1. The fourth-order valence-corrected chi connectivity index (χ4v) is 4.32. The highest BCUT2D eigenvalue weighted by atomic mass is 16.5. The van der Waals surface area contributed by atoms with E-state index in [1.807, 2.05) is 36.4 Å². The quantitative estimate of drug-likeness (QED) is 0.613. The summed E-state index contributed by atoms with van der Waals surface area (Å²) in [6.45, 7) is 2.01. The molecule has 1 aliphatic carbocycles. The van der Waals surface area contributed by atoms with Gasteiger partial charge in [-0.1, -0.05) is 37.5 Å². The highest BCUT2D eigenvalue weighted by Crippen LogP contribution is 2.37. The molecule has 1 saturated carbocycles. The molecule has 6 nitrogen and oxygen atoms in total. The summed E-state index contributed by atoms with van der Waals surface area (Å²) < 4.78 is 6.00. The van der Waals surface area contributed by atoms with Gasteiger partial charge in [-0.25, -0.2) is 4.79 Å². The van der Waals surface area contributed by atoms with E-state index in [2.05, 4.69) is 22.8 Å². The molecule has 4 rings (SSSR count). The van der Waals surface area contributed by atoms with Crippen LogP contribution in [0.3, 0.4) is 0 Å². The molecule has 1 saturated heterocycles. The summed E-state index contributed by atoms with van der Waals surface area (Å²) in [5, 5.41) is 16.4. The molecule has 6 heteroatoms. The summed E-state index contributed by atoms with van der Waals surface area (Å²) in [7, 11) is 0. The van der Waals surface area contributed by atoms with Gasteiger partial charge in [0, 0.05) is 31.0 Å². The Bertz CT molecular complexity index is 834. The first-order chi connectivity index (χ1) is 14.7. The van der Waals surface area contributed by atoms with Crippen LogP contribution in [-0.4, -0.2) is 43.5 Å². The third kappa shape index (κ3) is 5.05. The molecule has 1 unspecified atom stereocenters. The smallest absolute Gasteiger partial charge is 0.321 e. The standard InChI is InChI=1S/C24H31N3O3/c28-21(16-26-19-10-12-20(13-11-19)27-15-14-25-24(27)29)17-30-23-9-5-4-8-22(23)18-6-2-1-3-7-18/h4-5,8-13,18,21,26,28H,1-3,6-7,14-17H2,(H,25,29). The lowest BCUT2D eigenvalue weighted by Gasteiger charge is -2.24. The van der Waals surface area contributed by atoms with Crippen molar-refractivity contribution in [3.63, 3.8) is 0 Å². The highest BCUT2D eigenvalue weighted by molar-refractivity contribution is 5.94. The van der Waals surface area contributed by atoms with Crippen LogP contribution in [0.5, 0.6) is 5.75 Å². The minimum Gasteiger partial charge on any atom is -0.491 e. The summed E-state index contributed by atoms with van der Waals surface area (Å²) in [5.41, 5.74) is 3.05. The van der Waals surface area contributed by atoms with Crippen molar-refractivity contribution in [2.75, 3.05) is 36.5 Å². The monoisotopic (exact) mass is 409 g/mol. The number of hydrogen-bond acceptors (Lipinski definition) is 4. The molecular formula is C24H31N3O3. The molecule has 1 heterocycles. The molecule has 0 aromatic heterocycles.